The Bertz CT molecular complexity index is 1220. The lowest BCUT2D eigenvalue weighted by atomic mass is 10.0. The number of carbonyl (C=O) groups excluding carboxylic acids is 1. The number of hydrogen-bond acceptors (Lipinski definition) is 9. The summed E-state index contributed by atoms with van der Waals surface area (Å²) >= 11 is 0. The van der Waals surface area contributed by atoms with E-state index in [9.17, 15) is 24.5 Å². The molecule has 4 atom stereocenters. The lowest BCUT2D eigenvalue weighted by molar-refractivity contribution is -0.870. The predicted molar refractivity (Wildman–Crippen MR) is 233 cm³/mol. The van der Waals surface area contributed by atoms with Gasteiger partial charge in [-0.25, -0.2) is 0 Å². The van der Waals surface area contributed by atoms with Crippen LogP contribution in [-0.4, -0.2) is 86.5 Å². The van der Waals surface area contributed by atoms with Gasteiger partial charge in [-0.1, -0.05) is 157 Å². The Kier molecular flexibility index (Phi) is 36.0. The fraction of sp³-hybridized carbons (Fsp3) is 0.674. The van der Waals surface area contributed by atoms with E-state index in [4.69, 9.17) is 18.5 Å². The van der Waals surface area contributed by atoms with Crippen LogP contribution in [0.5, 0.6) is 0 Å². The number of esters is 1. The van der Waals surface area contributed by atoms with Gasteiger partial charge < -0.3 is 38.1 Å². The molecule has 0 aromatic rings. The number of phosphoric acid groups is 1. The van der Waals surface area contributed by atoms with Gasteiger partial charge in [0.2, 0.25) is 0 Å². The van der Waals surface area contributed by atoms with Crippen molar-refractivity contribution in [3.63, 3.8) is 0 Å². The maximum Gasteiger partial charge on any atom is 0.306 e. The van der Waals surface area contributed by atoms with Crippen LogP contribution >= 0.6 is 7.82 Å². The molecule has 0 aliphatic carbocycles. The van der Waals surface area contributed by atoms with Gasteiger partial charge in [0.25, 0.3) is 7.82 Å². The fourth-order valence-corrected chi connectivity index (χ4v) is 5.99. The number of quaternary nitrogens is 1. The molecule has 0 aliphatic rings. The van der Waals surface area contributed by atoms with Crippen molar-refractivity contribution >= 4 is 13.8 Å². The van der Waals surface area contributed by atoms with Gasteiger partial charge in [-0.2, -0.15) is 0 Å². The minimum Gasteiger partial charge on any atom is -0.756 e. The minimum atomic E-state index is -4.56. The molecule has 1 unspecified atom stereocenters. The number of phosphoric ester groups is 1. The monoisotopic (exact) mass is 822 g/mol. The lowest BCUT2D eigenvalue weighted by Gasteiger charge is -2.28. The number of rotatable bonds is 38. The average Bonchev–Trinajstić information content (AvgIpc) is 3.15. The molecule has 0 aromatic carbocycles. The maximum absolute atomic E-state index is 12.4. The molecule has 0 fully saturated rings. The first-order valence-electron chi connectivity index (χ1n) is 21.6. The first kappa shape index (κ1) is 54.4. The van der Waals surface area contributed by atoms with Crippen molar-refractivity contribution in [3.05, 3.63) is 85.3 Å². The second-order valence-electron chi connectivity index (χ2n) is 15.4. The van der Waals surface area contributed by atoms with Gasteiger partial charge in [-0.05, 0) is 51.0 Å². The average molecular weight is 822 g/mol. The topological polar surface area (TPSA) is 135 Å². The van der Waals surface area contributed by atoms with E-state index in [0.29, 0.717) is 36.7 Å². The number of nitrogens with zero attached hydrogens (tertiary/aromatic N) is 1. The summed E-state index contributed by atoms with van der Waals surface area (Å²) in [6.07, 6.45) is 43.4. The number of carbonyl (C=O) groups is 1. The smallest absolute Gasteiger partial charge is 0.306 e. The number of ether oxygens (including phenoxy) is 2. The quantitative estimate of drug-likeness (QED) is 0.0119. The number of aliphatic hydroxyl groups is 2. The van der Waals surface area contributed by atoms with E-state index in [-0.39, 0.29) is 26.2 Å². The Hall–Kier alpha value is -2.56. The number of aliphatic hydroxyl groups excluding tert-OH is 2. The van der Waals surface area contributed by atoms with Crippen molar-refractivity contribution in [2.75, 3.05) is 47.5 Å². The number of likely N-dealkylation sites (N-methyl/N-ethyl adjacent to an activating group) is 1. The van der Waals surface area contributed by atoms with E-state index in [2.05, 4.69) is 13.8 Å². The summed E-state index contributed by atoms with van der Waals surface area (Å²) in [6.45, 7) is 4.29. The molecule has 0 amide bonds. The molecule has 0 bridgehead atoms. The molecule has 0 radical (unpaired) electrons. The third kappa shape index (κ3) is 41.4. The molecule has 11 heteroatoms. The molecule has 328 valence electrons. The molecule has 0 rings (SSSR count). The summed E-state index contributed by atoms with van der Waals surface area (Å²) in [5.74, 6) is -0.423. The van der Waals surface area contributed by atoms with Crippen molar-refractivity contribution < 1.29 is 47.5 Å². The van der Waals surface area contributed by atoms with Crippen LogP contribution in [-0.2, 0) is 27.9 Å². The maximum atomic E-state index is 12.4. The van der Waals surface area contributed by atoms with Gasteiger partial charge in [0, 0.05) is 6.42 Å². The molecule has 0 aromatic heterocycles. The summed E-state index contributed by atoms with van der Waals surface area (Å²) in [5.41, 5.74) is 0. The van der Waals surface area contributed by atoms with Crippen LogP contribution in [0.3, 0.4) is 0 Å². The summed E-state index contributed by atoms with van der Waals surface area (Å²) in [6, 6.07) is 0. The van der Waals surface area contributed by atoms with E-state index in [1.165, 1.54) is 70.5 Å². The van der Waals surface area contributed by atoms with Crippen molar-refractivity contribution in [1.82, 2.24) is 0 Å². The second-order valence-corrected chi connectivity index (χ2v) is 16.8. The Balaban J connectivity index is 4.54. The highest BCUT2D eigenvalue weighted by Gasteiger charge is 2.19. The van der Waals surface area contributed by atoms with E-state index < -0.39 is 32.1 Å². The van der Waals surface area contributed by atoms with Gasteiger partial charge in [-0.15, -0.1) is 0 Å². The summed E-state index contributed by atoms with van der Waals surface area (Å²) in [5, 5.41) is 20.0. The zero-order chi connectivity index (χ0) is 42.3. The van der Waals surface area contributed by atoms with Crippen molar-refractivity contribution in [1.29, 1.82) is 0 Å². The highest BCUT2D eigenvalue weighted by Crippen LogP contribution is 2.38. The summed E-state index contributed by atoms with van der Waals surface area (Å²) in [4.78, 5) is 24.8. The van der Waals surface area contributed by atoms with E-state index in [0.717, 1.165) is 25.7 Å². The SMILES string of the molecule is CC/C=C\C[C@@H](O)/C=C/C=C\C=C\[C@@H](O)C/C=C\C/C=C\CCC(=O)OC[C@H](COP(=O)([O-])OCC[N+](C)(C)C)O/C=C/CCCCCCCCCCCCCC. The molecular weight excluding hydrogens is 741 g/mol. The van der Waals surface area contributed by atoms with Crippen LogP contribution in [0.1, 0.15) is 136 Å². The van der Waals surface area contributed by atoms with E-state index in [1.54, 1.807) is 30.4 Å². The standard InChI is InChI=1S/C46H80NO9P/c1-6-8-10-11-12-13-14-15-16-17-18-21-26-32-39-53-45(42-56-57(51,52)55-40-38-47(3,4)5)41-54-46(50)37-31-23-20-19-22-28-34-44(49)36-30-25-24-29-35-43(48)33-27-9-7-2/h9,20,22-25,27-30,32,35-36,39,43-45,48-49H,6-8,10-19,21,26,31,33-34,37-38,40-42H2,1-5H3/b23-20-,25-24-,27-9-,28-22-,35-29+,36-30+,39-32+/t43-,44+,45-/m1/s1. The van der Waals surface area contributed by atoms with Gasteiger partial charge in [0.15, 0.2) is 6.10 Å². The van der Waals surface area contributed by atoms with E-state index >= 15 is 0 Å². The Labute approximate surface area is 347 Å². The molecule has 10 nitrogen and oxygen atoms in total. The lowest BCUT2D eigenvalue weighted by Crippen LogP contribution is -2.37. The zero-order valence-corrected chi connectivity index (χ0v) is 37.1. The van der Waals surface area contributed by atoms with Crippen molar-refractivity contribution in [2.24, 2.45) is 0 Å². The van der Waals surface area contributed by atoms with Crippen molar-refractivity contribution in [3.8, 4) is 0 Å². The second kappa shape index (κ2) is 37.7. The molecule has 2 N–H and O–H groups in total. The summed E-state index contributed by atoms with van der Waals surface area (Å²) < 4.78 is 34.2. The molecule has 0 spiro atoms. The third-order valence-corrected chi connectivity index (χ3v) is 9.69. The van der Waals surface area contributed by atoms with Gasteiger partial charge in [0.1, 0.15) is 19.8 Å². The largest absolute Gasteiger partial charge is 0.756 e. The molecule has 0 aliphatic heterocycles. The number of allylic oxidation sites excluding steroid dienone is 9. The highest BCUT2D eigenvalue weighted by atomic mass is 31.2. The van der Waals surface area contributed by atoms with Crippen molar-refractivity contribution in [2.45, 2.75) is 154 Å². The molecular formula is C46H80NO9P. The predicted octanol–water partition coefficient (Wildman–Crippen LogP) is 10.1. The fourth-order valence-electron chi connectivity index (χ4n) is 5.26. The zero-order valence-electron chi connectivity index (χ0n) is 36.2. The van der Waals surface area contributed by atoms with Crippen LogP contribution in [0.2, 0.25) is 0 Å². The Morgan fingerprint density at radius 3 is 1.82 bits per heavy atom. The Morgan fingerprint density at radius 2 is 1.25 bits per heavy atom. The Morgan fingerprint density at radius 1 is 0.684 bits per heavy atom. The molecule has 0 saturated heterocycles. The van der Waals surface area contributed by atoms with Crippen LogP contribution in [0.25, 0.3) is 0 Å². The number of hydrogen-bond donors (Lipinski definition) is 2. The summed E-state index contributed by atoms with van der Waals surface area (Å²) in [7, 11) is 1.25. The highest BCUT2D eigenvalue weighted by molar-refractivity contribution is 7.45. The normalized spacial score (nSPS) is 15.6. The molecule has 0 saturated carbocycles. The molecule has 0 heterocycles. The first-order valence-corrected chi connectivity index (χ1v) is 23.0. The first-order chi connectivity index (χ1) is 27.4. The van der Waals surface area contributed by atoms with Gasteiger partial charge in [-0.3, -0.25) is 9.36 Å². The van der Waals surface area contributed by atoms with Crippen LogP contribution in [0.15, 0.2) is 85.3 Å². The van der Waals surface area contributed by atoms with E-state index in [1.807, 2.05) is 69.8 Å². The minimum absolute atomic E-state index is 0.00596. The van der Waals surface area contributed by atoms with Gasteiger partial charge >= 0.3 is 5.97 Å². The van der Waals surface area contributed by atoms with Gasteiger partial charge in [0.05, 0.1) is 46.2 Å². The number of unbranched alkanes of at least 4 members (excludes halogenated alkanes) is 12. The molecule has 57 heavy (non-hydrogen) atoms. The van der Waals surface area contributed by atoms with Crippen LogP contribution in [0.4, 0.5) is 0 Å². The van der Waals surface area contributed by atoms with Crippen LogP contribution < -0.4 is 4.89 Å². The van der Waals surface area contributed by atoms with Crippen LogP contribution in [0, 0.1) is 0 Å². The third-order valence-electron chi connectivity index (χ3n) is 8.73.